The number of carbonyl (C=O) groups excluding carboxylic acids is 1. The number of nitrogens with one attached hydrogen (secondary N) is 1. The Morgan fingerprint density at radius 2 is 1.92 bits per heavy atom. The summed E-state index contributed by atoms with van der Waals surface area (Å²) in [6.45, 7) is 0. The molecule has 2 rings (SSSR count). The van der Waals surface area contributed by atoms with Crippen molar-refractivity contribution in [2.75, 3.05) is 5.32 Å². The SMILES string of the molecule is N#C/C(=C\c1cc(I)c(O)c(I)c1)C(=O)Nc1cccc([N+](=O)[O-])c1. The fourth-order valence-corrected chi connectivity index (χ4v) is 3.70. The fraction of sp³-hybridized carbons (Fsp3) is 0. The van der Waals surface area contributed by atoms with Gasteiger partial charge in [-0.3, -0.25) is 14.9 Å². The molecule has 2 aromatic rings. The molecule has 0 heterocycles. The molecule has 0 aromatic heterocycles. The highest BCUT2D eigenvalue weighted by molar-refractivity contribution is 14.1. The zero-order valence-corrected chi connectivity index (χ0v) is 16.7. The molecule has 0 unspecified atom stereocenters. The smallest absolute Gasteiger partial charge is 0.271 e. The lowest BCUT2D eigenvalue weighted by atomic mass is 10.1. The lowest BCUT2D eigenvalue weighted by molar-refractivity contribution is -0.384. The van der Waals surface area contributed by atoms with Crippen molar-refractivity contribution in [3.05, 3.63) is 64.8 Å². The van der Waals surface area contributed by atoms with Gasteiger partial charge in [0.05, 0.1) is 12.1 Å². The summed E-state index contributed by atoms with van der Waals surface area (Å²) >= 11 is 3.90. The minimum Gasteiger partial charge on any atom is -0.506 e. The van der Waals surface area contributed by atoms with Crippen molar-refractivity contribution in [2.24, 2.45) is 0 Å². The number of phenols is 1. The molecule has 0 aliphatic heterocycles. The molecule has 126 valence electrons. The van der Waals surface area contributed by atoms with E-state index < -0.39 is 10.8 Å². The number of carbonyl (C=O) groups is 1. The number of benzene rings is 2. The summed E-state index contributed by atoms with van der Waals surface area (Å²) in [7, 11) is 0. The maximum absolute atomic E-state index is 12.2. The number of hydrogen-bond acceptors (Lipinski definition) is 5. The summed E-state index contributed by atoms with van der Waals surface area (Å²) in [4.78, 5) is 22.4. The van der Waals surface area contributed by atoms with Crippen LogP contribution in [-0.4, -0.2) is 15.9 Å². The number of phenolic OH excluding ortho intramolecular Hbond substituents is 1. The van der Waals surface area contributed by atoms with Crippen LogP contribution in [0.25, 0.3) is 6.08 Å². The molecule has 2 N–H and O–H groups in total. The molecule has 0 aliphatic carbocycles. The van der Waals surface area contributed by atoms with Crippen molar-refractivity contribution in [3.63, 3.8) is 0 Å². The average Bonchev–Trinajstić information content (AvgIpc) is 2.57. The van der Waals surface area contributed by atoms with Gasteiger partial charge >= 0.3 is 0 Å². The number of non-ortho nitro benzene ring substituents is 1. The zero-order chi connectivity index (χ0) is 18.6. The Labute approximate surface area is 169 Å². The van der Waals surface area contributed by atoms with E-state index in [1.54, 1.807) is 12.1 Å². The van der Waals surface area contributed by atoms with Crippen molar-refractivity contribution in [2.45, 2.75) is 0 Å². The fourth-order valence-electron chi connectivity index (χ4n) is 1.88. The van der Waals surface area contributed by atoms with Crippen molar-refractivity contribution in [1.82, 2.24) is 0 Å². The number of amides is 1. The first kappa shape index (κ1) is 19.1. The number of anilines is 1. The molecule has 0 fully saturated rings. The summed E-state index contributed by atoms with van der Waals surface area (Å²) < 4.78 is 1.18. The molecule has 7 nitrogen and oxygen atoms in total. The van der Waals surface area contributed by atoms with Crippen molar-refractivity contribution in [3.8, 4) is 11.8 Å². The van der Waals surface area contributed by atoms with Gasteiger partial charge in [0.15, 0.2) is 0 Å². The molecule has 1 amide bonds. The minimum absolute atomic E-state index is 0.137. The Kier molecular flexibility index (Phi) is 6.32. The first-order valence-electron chi connectivity index (χ1n) is 6.67. The number of nitro groups is 1. The number of nitrogens with zero attached hydrogens (tertiary/aromatic N) is 2. The summed E-state index contributed by atoms with van der Waals surface area (Å²) in [5, 5.41) is 32.2. The third-order valence-electron chi connectivity index (χ3n) is 3.03. The Balaban J connectivity index is 2.29. The normalized spacial score (nSPS) is 10.8. The molecule has 0 bridgehead atoms. The van der Waals surface area contributed by atoms with E-state index in [4.69, 9.17) is 0 Å². The van der Waals surface area contributed by atoms with Crippen molar-refractivity contribution < 1.29 is 14.8 Å². The van der Waals surface area contributed by atoms with Gasteiger partial charge in [0.25, 0.3) is 11.6 Å². The highest BCUT2D eigenvalue weighted by Gasteiger charge is 2.13. The van der Waals surface area contributed by atoms with Crippen LogP contribution < -0.4 is 5.32 Å². The number of aromatic hydroxyl groups is 1. The molecule has 0 aliphatic rings. The Bertz CT molecular complexity index is 912. The van der Waals surface area contributed by atoms with Gasteiger partial charge in [0.1, 0.15) is 17.4 Å². The van der Waals surface area contributed by atoms with Gasteiger partial charge in [0, 0.05) is 17.8 Å². The van der Waals surface area contributed by atoms with Crippen LogP contribution in [0.3, 0.4) is 0 Å². The Morgan fingerprint density at radius 1 is 1.28 bits per heavy atom. The quantitative estimate of drug-likeness (QED) is 0.192. The monoisotopic (exact) mass is 561 g/mol. The van der Waals surface area contributed by atoms with Crippen molar-refractivity contribution >= 4 is 68.5 Å². The summed E-state index contributed by atoms with van der Waals surface area (Å²) in [6, 6.07) is 10.5. The van der Waals surface area contributed by atoms with E-state index in [0.717, 1.165) is 0 Å². The number of nitriles is 1. The predicted octanol–water partition coefficient (Wildman–Crippen LogP) is 4.06. The molecule has 25 heavy (non-hydrogen) atoms. The van der Waals surface area contributed by atoms with Gasteiger partial charge in [-0.25, -0.2) is 0 Å². The average molecular weight is 561 g/mol. The molecule has 0 spiro atoms. The van der Waals surface area contributed by atoms with Gasteiger partial charge in [-0.1, -0.05) is 6.07 Å². The largest absolute Gasteiger partial charge is 0.506 e. The second kappa shape index (κ2) is 8.26. The lowest BCUT2D eigenvalue weighted by Crippen LogP contribution is -2.13. The highest BCUT2D eigenvalue weighted by Crippen LogP contribution is 2.28. The first-order valence-corrected chi connectivity index (χ1v) is 8.83. The van der Waals surface area contributed by atoms with Gasteiger partial charge in [-0.2, -0.15) is 5.26 Å². The molecule has 0 saturated carbocycles. The summed E-state index contributed by atoms with van der Waals surface area (Å²) in [5.41, 5.74) is 0.472. The molecular formula is C16H9I2N3O4. The predicted molar refractivity (Wildman–Crippen MR) is 109 cm³/mol. The van der Waals surface area contributed by atoms with Crippen LogP contribution in [0, 0.1) is 28.6 Å². The van der Waals surface area contributed by atoms with E-state index in [1.165, 1.54) is 30.3 Å². The van der Waals surface area contributed by atoms with Gasteiger partial charge in [-0.15, -0.1) is 0 Å². The maximum atomic E-state index is 12.2. The van der Waals surface area contributed by atoms with Crippen LogP contribution >= 0.6 is 45.2 Å². The Morgan fingerprint density at radius 3 is 2.48 bits per heavy atom. The second-order valence-corrected chi connectivity index (χ2v) is 7.09. The maximum Gasteiger partial charge on any atom is 0.271 e. The van der Waals surface area contributed by atoms with Crippen LogP contribution in [0.15, 0.2) is 42.0 Å². The summed E-state index contributed by atoms with van der Waals surface area (Å²) in [6.07, 6.45) is 1.39. The topological polar surface area (TPSA) is 116 Å². The zero-order valence-electron chi connectivity index (χ0n) is 12.4. The minimum atomic E-state index is -0.680. The van der Waals surface area contributed by atoms with E-state index in [1.807, 2.05) is 51.3 Å². The Hall–Kier alpha value is -2.20. The van der Waals surface area contributed by atoms with E-state index in [0.29, 0.717) is 12.7 Å². The number of hydrogen-bond donors (Lipinski definition) is 2. The second-order valence-electron chi connectivity index (χ2n) is 4.76. The van der Waals surface area contributed by atoms with Crippen LogP contribution in [0.5, 0.6) is 5.75 Å². The molecule has 0 saturated heterocycles. The molecule has 2 aromatic carbocycles. The number of nitro benzene ring substituents is 1. The van der Waals surface area contributed by atoms with Crippen LogP contribution in [-0.2, 0) is 4.79 Å². The lowest BCUT2D eigenvalue weighted by Gasteiger charge is -2.05. The number of halogens is 2. The van der Waals surface area contributed by atoms with Crippen LogP contribution in [0.4, 0.5) is 11.4 Å². The number of rotatable bonds is 4. The van der Waals surface area contributed by atoms with Crippen LogP contribution in [0.2, 0.25) is 0 Å². The van der Waals surface area contributed by atoms with E-state index >= 15 is 0 Å². The van der Waals surface area contributed by atoms with Crippen molar-refractivity contribution in [1.29, 1.82) is 5.26 Å². The van der Waals surface area contributed by atoms with E-state index in [9.17, 15) is 25.3 Å². The van der Waals surface area contributed by atoms with Gasteiger partial charge in [-0.05, 0) is 75.0 Å². The molecule has 9 heteroatoms. The molecule has 0 radical (unpaired) electrons. The van der Waals surface area contributed by atoms with Gasteiger partial charge < -0.3 is 10.4 Å². The van der Waals surface area contributed by atoms with E-state index in [-0.39, 0.29) is 22.7 Å². The standard InChI is InChI=1S/C16H9I2N3O4/c17-13-5-9(6-14(18)15(13)22)4-10(8-19)16(23)20-11-2-1-3-12(7-11)21(24)25/h1-7,22H,(H,20,23)/b10-4+. The third kappa shape index (κ3) is 4.89. The highest BCUT2D eigenvalue weighted by atomic mass is 127. The van der Waals surface area contributed by atoms with Crippen LogP contribution in [0.1, 0.15) is 5.56 Å². The van der Waals surface area contributed by atoms with Gasteiger partial charge in [0.2, 0.25) is 0 Å². The first-order chi connectivity index (χ1) is 11.8. The third-order valence-corrected chi connectivity index (χ3v) is 4.67. The van der Waals surface area contributed by atoms with E-state index in [2.05, 4.69) is 5.32 Å². The summed E-state index contributed by atoms with van der Waals surface area (Å²) in [5.74, 6) is -0.543. The molecule has 0 atom stereocenters. The molecular weight excluding hydrogens is 552 g/mol.